The molecule has 0 aliphatic carbocycles. The van der Waals surface area contributed by atoms with Crippen LogP contribution in [0, 0.1) is 0 Å². The van der Waals surface area contributed by atoms with Crippen molar-refractivity contribution in [2.24, 2.45) is 0 Å². The van der Waals surface area contributed by atoms with Gasteiger partial charge in [0.05, 0.1) is 0 Å². The molecule has 0 fully saturated rings. The molecule has 13 heavy (non-hydrogen) atoms. The third-order valence-corrected chi connectivity index (χ3v) is 4.79. The predicted octanol–water partition coefficient (Wildman–Crippen LogP) is 4.85. The fourth-order valence-corrected chi connectivity index (χ4v) is 3.81. The molecule has 0 spiro atoms. The molecule has 1 aromatic heterocycles. The van der Waals surface area contributed by atoms with E-state index in [1.54, 1.807) is 11.3 Å². The Morgan fingerprint density at radius 1 is 1.46 bits per heavy atom. The summed E-state index contributed by atoms with van der Waals surface area (Å²) in [5, 5.41) is 4.25. The molecule has 0 saturated carbocycles. The highest BCUT2D eigenvalue weighted by molar-refractivity contribution is 9.10. The van der Waals surface area contributed by atoms with Crippen LogP contribution < -0.4 is 0 Å². The molecular weight excluding hydrogens is 332 g/mol. The lowest BCUT2D eigenvalue weighted by Crippen LogP contribution is -1.83. The molecule has 0 saturated heterocycles. The zero-order valence-electron chi connectivity index (χ0n) is 6.55. The van der Waals surface area contributed by atoms with Crippen LogP contribution in [0.1, 0.15) is 5.56 Å². The maximum atomic E-state index is 4.47. The fraction of sp³-hybridized carbons (Fsp3) is 0.111. The summed E-state index contributed by atoms with van der Waals surface area (Å²) in [7, 11) is 0. The van der Waals surface area contributed by atoms with Crippen molar-refractivity contribution in [3.8, 4) is 0 Å². The monoisotopic (exact) mass is 336 g/mol. The van der Waals surface area contributed by atoms with Crippen LogP contribution in [0.5, 0.6) is 0 Å². The zero-order chi connectivity index (χ0) is 9.42. The highest BCUT2D eigenvalue weighted by Gasteiger charge is 2.08. The lowest BCUT2D eigenvalue weighted by atomic mass is 10.1. The van der Waals surface area contributed by atoms with Gasteiger partial charge in [-0.15, -0.1) is 24.0 Å². The van der Waals surface area contributed by atoms with Gasteiger partial charge >= 0.3 is 0 Å². The number of benzene rings is 1. The van der Waals surface area contributed by atoms with Gasteiger partial charge < -0.3 is 0 Å². The summed E-state index contributed by atoms with van der Waals surface area (Å²) in [6.07, 6.45) is 0. The van der Waals surface area contributed by atoms with Gasteiger partial charge in [0.25, 0.3) is 0 Å². The van der Waals surface area contributed by atoms with Gasteiger partial charge in [0.15, 0.2) is 0 Å². The van der Waals surface area contributed by atoms with E-state index in [0.717, 1.165) is 14.7 Å². The van der Waals surface area contributed by atoms with Gasteiger partial charge in [0, 0.05) is 19.4 Å². The molecule has 1 heterocycles. The average Bonchev–Trinajstić information content (AvgIpc) is 2.54. The molecule has 4 heteroatoms. The molecular formula is C9H6Br2S2. The topological polar surface area (TPSA) is 0 Å². The van der Waals surface area contributed by atoms with Crippen molar-refractivity contribution in [1.82, 2.24) is 0 Å². The predicted molar refractivity (Wildman–Crippen MR) is 69.4 cm³/mol. The minimum absolute atomic E-state index is 0.846. The molecule has 2 aromatic rings. The highest BCUT2D eigenvalue weighted by atomic mass is 79.9. The standard InChI is InChI=1S/C9H6Br2S2/c10-4-6-5-1-2-13-8(5)3-7(11)9(6)12/h1-3,12H,4H2. The van der Waals surface area contributed by atoms with Crippen molar-refractivity contribution in [3.63, 3.8) is 0 Å². The maximum absolute atomic E-state index is 4.47. The third kappa shape index (κ3) is 1.69. The van der Waals surface area contributed by atoms with E-state index in [1.165, 1.54) is 15.6 Å². The Hall–Kier alpha value is 0.490. The van der Waals surface area contributed by atoms with E-state index in [-0.39, 0.29) is 0 Å². The van der Waals surface area contributed by atoms with Crippen LogP contribution in [0.25, 0.3) is 10.1 Å². The number of halogens is 2. The normalized spacial score (nSPS) is 11.0. The number of alkyl halides is 1. The Kier molecular flexibility index (Phi) is 3.03. The first-order valence-corrected chi connectivity index (χ1v) is 6.91. The van der Waals surface area contributed by atoms with Gasteiger partial charge in [-0.3, -0.25) is 0 Å². The van der Waals surface area contributed by atoms with Crippen molar-refractivity contribution < 1.29 is 0 Å². The van der Waals surface area contributed by atoms with Gasteiger partial charge in [-0.25, -0.2) is 0 Å². The molecule has 0 aliphatic heterocycles. The Morgan fingerprint density at radius 2 is 2.23 bits per heavy atom. The molecule has 0 unspecified atom stereocenters. The second-order valence-corrected chi connectivity index (χ2v) is 5.46. The van der Waals surface area contributed by atoms with Gasteiger partial charge in [-0.2, -0.15) is 0 Å². The summed E-state index contributed by atoms with van der Waals surface area (Å²) < 4.78 is 2.37. The smallest absolute Gasteiger partial charge is 0.0357 e. The summed E-state index contributed by atoms with van der Waals surface area (Å²) in [6.45, 7) is 0. The van der Waals surface area contributed by atoms with Gasteiger partial charge in [-0.05, 0) is 44.4 Å². The lowest BCUT2D eigenvalue weighted by Gasteiger charge is -2.05. The second kappa shape index (κ2) is 3.93. The Bertz CT molecular complexity index is 448. The summed E-state index contributed by atoms with van der Waals surface area (Å²) in [6, 6.07) is 4.26. The van der Waals surface area contributed by atoms with Crippen LogP contribution in [0.15, 0.2) is 26.9 Å². The quantitative estimate of drug-likeness (QED) is 0.558. The molecule has 1 aromatic carbocycles. The Morgan fingerprint density at radius 3 is 2.92 bits per heavy atom. The van der Waals surface area contributed by atoms with E-state index in [9.17, 15) is 0 Å². The molecule has 0 bridgehead atoms. The van der Waals surface area contributed by atoms with Crippen LogP contribution in [0.2, 0.25) is 0 Å². The highest BCUT2D eigenvalue weighted by Crippen LogP contribution is 2.35. The van der Waals surface area contributed by atoms with Crippen LogP contribution in [0.3, 0.4) is 0 Å². The van der Waals surface area contributed by atoms with Crippen molar-refractivity contribution >= 4 is 65.9 Å². The minimum atomic E-state index is 0.846. The van der Waals surface area contributed by atoms with E-state index in [4.69, 9.17) is 0 Å². The van der Waals surface area contributed by atoms with E-state index in [2.05, 4.69) is 62.0 Å². The molecule has 0 radical (unpaired) electrons. The Balaban J connectivity index is 2.87. The van der Waals surface area contributed by atoms with E-state index >= 15 is 0 Å². The summed E-state index contributed by atoms with van der Waals surface area (Å²) in [4.78, 5) is 1.03. The number of thiol groups is 1. The van der Waals surface area contributed by atoms with Crippen LogP contribution in [0.4, 0.5) is 0 Å². The third-order valence-electron chi connectivity index (χ3n) is 1.92. The molecule has 0 N–H and O–H groups in total. The van der Waals surface area contributed by atoms with Gasteiger partial charge in [0.2, 0.25) is 0 Å². The number of hydrogen-bond donors (Lipinski definition) is 1. The number of fused-ring (bicyclic) bond motifs is 1. The maximum Gasteiger partial charge on any atom is 0.0357 e. The molecule has 0 aliphatic rings. The molecule has 68 valence electrons. The molecule has 0 atom stereocenters. The first-order valence-electron chi connectivity index (χ1n) is 3.67. The van der Waals surface area contributed by atoms with Crippen molar-refractivity contribution in [1.29, 1.82) is 0 Å². The SMILES string of the molecule is Sc1c(Br)cc2sccc2c1CBr. The summed E-state index contributed by atoms with van der Waals surface area (Å²) >= 11 is 13.2. The van der Waals surface area contributed by atoms with Crippen molar-refractivity contribution in [2.45, 2.75) is 10.2 Å². The molecule has 0 nitrogen and oxygen atoms in total. The van der Waals surface area contributed by atoms with Crippen molar-refractivity contribution in [3.05, 3.63) is 27.5 Å². The van der Waals surface area contributed by atoms with Gasteiger partial charge in [-0.1, -0.05) is 15.9 Å². The zero-order valence-corrected chi connectivity index (χ0v) is 11.4. The fourth-order valence-electron chi connectivity index (χ4n) is 1.27. The number of thiophene rings is 1. The first-order chi connectivity index (χ1) is 6.24. The van der Waals surface area contributed by atoms with Crippen LogP contribution >= 0.6 is 55.8 Å². The minimum Gasteiger partial charge on any atom is -0.144 e. The summed E-state index contributed by atoms with van der Waals surface area (Å²) in [5.41, 5.74) is 1.26. The number of hydrogen-bond acceptors (Lipinski definition) is 2. The second-order valence-electron chi connectivity index (χ2n) is 2.65. The molecule has 2 rings (SSSR count). The first kappa shape index (κ1) is 10.0. The van der Waals surface area contributed by atoms with E-state index in [1.807, 2.05) is 0 Å². The van der Waals surface area contributed by atoms with Crippen LogP contribution in [-0.4, -0.2) is 0 Å². The summed E-state index contributed by atoms with van der Waals surface area (Å²) in [5.74, 6) is 0. The van der Waals surface area contributed by atoms with E-state index < -0.39 is 0 Å². The van der Waals surface area contributed by atoms with E-state index in [0.29, 0.717) is 0 Å². The average molecular weight is 338 g/mol. The number of rotatable bonds is 1. The van der Waals surface area contributed by atoms with Gasteiger partial charge in [0.1, 0.15) is 0 Å². The largest absolute Gasteiger partial charge is 0.144 e. The lowest BCUT2D eigenvalue weighted by molar-refractivity contribution is 1.31. The Labute approximate surface area is 103 Å². The van der Waals surface area contributed by atoms with Crippen molar-refractivity contribution in [2.75, 3.05) is 0 Å². The van der Waals surface area contributed by atoms with Crippen LogP contribution in [-0.2, 0) is 5.33 Å². The molecule has 0 amide bonds.